The molecule has 0 N–H and O–H groups in total. The summed E-state index contributed by atoms with van der Waals surface area (Å²) in [5.74, 6) is 0.103. The van der Waals surface area contributed by atoms with Crippen molar-refractivity contribution in [2.24, 2.45) is 0 Å². The Morgan fingerprint density at radius 2 is 1.41 bits per heavy atom. The van der Waals surface area contributed by atoms with Crippen LogP contribution < -0.4 is 0 Å². The zero-order valence-electron chi connectivity index (χ0n) is 12.0. The van der Waals surface area contributed by atoms with Gasteiger partial charge in [-0.05, 0) is 0 Å². The number of carbonyl (C=O) groups is 1. The molecule has 2 nitrogen and oxygen atoms in total. The second kappa shape index (κ2) is 12.7. The number of hydrogen-bond acceptors (Lipinski definition) is 2. The summed E-state index contributed by atoms with van der Waals surface area (Å²) >= 11 is -1.94. The van der Waals surface area contributed by atoms with Crippen LogP contribution in [0.3, 0.4) is 0 Å². The van der Waals surface area contributed by atoms with E-state index in [1.165, 1.54) is 41.0 Å². The third-order valence-electron chi connectivity index (χ3n) is 3.04. The van der Waals surface area contributed by atoms with Gasteiger partial charge in [0.2, 0.25) is 0 Å². The van der Waals surface area contributed by atoms with Crippen molar-refractivity contribution in [3.63, 3.8) is 0 Å². The van der Waals surface area contributed by atoms with Crippen LogP contribution >= 0.6 is 0 Å². The van der Waals surface area contributed by atoms with Crippen molar-refractivity contribution in [1.82, 2.24) is 0 Å². The molecule has 0 aliphatic rings. The first kappa shape index (κ1) is 17.3. The summed E-state index contributed by atoms with van der Waals surface area (Å²) in [4.78, 5) is 11.7. The van der Waals surface area contributed by atoms with Crippen molar-refractivity contribution >= 4 is 26.1 Å². The summed E-state index contributed by atoms with van der Waals surface area (Å²) in [6, 6.07) is 0. The fourth-order valence-electron chi connectivity index (χ4n) is 1.89. The van der Waals surface area contributed by atoms with E-state index < -0.39 is 20.2 Å². The van der Waals surface area contributed by atoms with Crippen LogP contribution in [0, 0.1) is 0 Å². The van der Waals surface area contributed by atoms with Crippen LogP contribution in [0.1, 0.15) is 72.1 Å². The van der Waals surface area contributed by atoms with E-state index in [0.29, 0.717) is 6.42 Å². The predicted octanol–water partition coefficient (Wildman–Crippen LogP) is 4.43. The fraction of sp³-hybridized carbons (Fsp3) is 0.929. The molecule has 0 aromatic rings. The van der Waals surface area contributed by atoms with Crippen LogP contribution in [-0.4, -0.2) is 26.1 Å². The van der Waals surface area contributed by atoms with E-state index >= 15 is 0 Å². The van der Waals surface area contributed by atoms with E-state index in [2.05, 4.69) is 20.8 Å². The van der Waals surface area contributed by atoms with Gasteiger partial charge < -0.3 is 0 Å². The zero-order valence-corrected chi connectivity index (χ0v) is 15.3. The third kappa shape index (κ3) is 11.1. The summed E-state index contributed by atoms with van der Waals surface area (Å²) in [6.07, 6.45) is 8.96. The number of hydrogen-bond donors (Lipinski definition) is 0. The Morgan fingerprint density at radius 3 is 1.88 bits per heavy atom. The predicted molar refractivity (Wildman–Crippen MR) is 76.8 cm³/mol. The van der Waals surface area contributed by atoms with Gasteiger partial charge >= 0.3 is 115 Å². The summed E-state index contributed by atoms with van der Waals surface area (Å²) in [7, 11) is 0. The Kier molecular flexibility index (Phi) is 12.9. The molecule has 0 atom stereocenters. The van der Waals surface area contributed by atoms with Gasteiger partial charge in [0, 0.05) is 0 Å². The fourth-order valence-corrected chi connectivity index (χ4v) is 9.71. The van der Waals surface area contributed by atoms with Crippen molar-refractivity contribution in [2.75, 3.05) is 0 Å². The molecule has 0 aromatic carbocycles. The summed E-state index contributed by atoms with van der Waals surface area (Å²) in [6.45, 7) is 6.59. The molecule has 0 aliphatic heterocycles. The van der Waals surface area contributed by atoms with Crippen LogP contribution in [0.2, 0.25) is 8.87 Å². The van der Waals surface area contributed by atoms with Crippen LogP contribution in [0.15, 0.2) is 0 Å². The molecular weight excluding hydrogens is 319 g/mol. The molecule has 0 aliphatic carbocycles. The van der Waals surface area contributed by atoms with Crippen LogP contribution in [0.25, 0.3) is 0 Å². The molecule has 0 saturated carbocycles. The molecule has 0 saturated heterocycles. The quantitative estimate of drug-likeness (QED) is 0.407. The van der Waals surface area contributed by atoms with Gasteiger partial charge in [-0.2, -0.15) is 0 Å². The van der Waals surface area contributed by atoms with Gasteiger partial charge in [0.15, 0.2) is 0 Å². The van der Waals surface area contributed by atoms with Crippen molar-refractivity contribution in [3.05, 3.63) is 0 Å². The number of unbranched alkanes of at least 4 members (excludes halogenated alkanes) is 4. The van der Waals surface area contributed by atoms with Crippen molar-refractivity contribution in [2.45, 2.75) is 81.0 Å². The molecule has 0 radical (unpaired) electrons. The van der Waals surface area contributed by atoms with E-state index in [-0.39, 0.29) is 5.97 Å². The van der Waals surface area contributed by atoms with E-state index in [4.69, 9.17) is 3.07 Å². The number of carbonyl (C=O) groups excluding carboxylic acids is 1. The van der Waals surface area contributed by atoms with Gasteiger partial charge in [0.25, 0.3) is 0 Å². The summed E-state index contributed by atoms with van der Waals surface area (Å²) < 4.78 is 8.27. The standard InChI is InChI=1S/C6H12O2.2C4H9.Sn.H/c1-2-3-4-5-6(7)8;2*1-3-4-2;;/h2-5H2,1H3,(H,7,8);2*1,3-4H2,2H3;;/q;;;+1;/p-1. The molecular formula is C14H30O2Sn. The van der Waals surface area contributed by atoms with Crippen LogP contribution in [0.4, 0.5) is 0 Å². The molecule has 102 valence electrons. The molecule has 0 unspecified atom stereocenters. The Bertz CT molecular complexity index is 175. The van der Waals surface area contributed by atoms with Gasteiger partial charge in [-0.3, -0.25) is 0 Å². The molecule has 0 fully saturated rings. The molecule has 0 spiro atoms. The first-order chi connectivity index (χ1) is 8.24. The van der Waals surface area contributed by atoms with Gasteiger partial charge in [0.05, 0.1) is 0 Å². The average molecular weight is 349 g/mol. The Labute approximate surface area is 115 Å². The molecule has 0 amide bonds. The van der Waals surface area contributed by atoms with Crippen LogP contribution in [0.5, 0.6) is 0 Å². The molecule has 17 heavy (non-hydrogen) atoms. The maximum absolute atomic E-state index is 11.7. The second-order valence-electron chi connectivity index (χ2n) is 4.85. The van der Waals surface area contributed by atoms with E-state index in [9.17, 15) is 4.79 Å². The maximum atomic E-state index is 11.7. The second-order valence-corrected chi connectivity index (χ2v) is 12.4. The zero-order chi connectivity index (χ0) is 12.9. The monoisotopic (exact) mass is 350 g/mol. The van der Waals surface area contributed by atoms with Crippen molar-refractivity contribution in [1.29, 1.82) is 0 Å². The number of rotatable bonds is 11. The SMILES string of the molecule is CCCCCC(=O)[O][SnH]([CH2]CCC)[CH2]CCC. The van der Waals surface area contributed by atoms with E-state index in [0.717, 1.165) is 12.8 Å². The minimum absolute atomic E-state index is 0.103. The molecule has 3 heteroatoms. The van der Waals surface area contributed by atoms with E-state index in [1.807, 2.05) is 0 Å². The minimum atomic E-state index is -1.94. The summed E-state index contributed by atoms with van der Waals surface area (Å²) in [5, 5.41) is 0. The van der Waals surface area contributed by atoms with Gasteiger partial charge in [-0.15, -0.1) is 0 Å². The topological polar surface area (TPSA) is 26.3 Å². The Hall–Kier alpha value is 0.269. The van der Waals surface area contributed by atoms with Gasteiger partial charge in [0.1, 0.15) is 0 Å². The van der Waals surface area contributed by atoms with E-state index in [1.54, 1.807) is 0 Å². The first-order valence-corrected chi connectivity index (χ1v) is 13.4. The molecule has 0 heterocycles. The van der Waals surface area contributed by atoms with Crippen molar-refractivity contribution < 1.29 is 7.87 Å². The van der Waals surface area contributed by atoms with Crippen molar-refractivity contribution in [3.8, 4) is 0 Å². The van der Waals surface area contributed by atoms with Gasteiger partial charge in [-0.1, -0.05) is 0 Å². The normalized spacial score (nSPS) is 10.8. The summed E-state index contributed by atoms with van der Waals surface area (Å²) in [5.41, 5.74) is 0. The third-order valence-corrected chi connectivity index (χ3v) is 10.7. The molecule has 0 bridgehead atoms. The Balaban J connectivity index is 3.81. The average Bonchev–Trinajstić information content (AvgIpc) is 2.33. The molecule has 0 rings (SSSR count). The first-order valence-electron chi connectivity index (χ1n) is 7.44. The molecule has 0 aromatic heterocycles. The Morgan fingerprint density at radius 1 is 0.882 bits per heavy atom. The van der Waals surface area contributed by atoms with Gasteiger partial charge in [-0.25, -0.2) is 0 Å². The van der Waals surface area contributed by atoms with Crippen LogP contribution in [-0.2, 0) is 7.87 Å².